The average molecular weight is 346 g/mol. The van der Waals surface area contributed by atoms with Crippen molar-refractivity contribution in [3.63, 3.8) is 0 Å². The molecule has 1 saturated carbocycles. The van der Waals surface area contributed by atoms with Gasteiger partial charge in [-0.1, -0.05) is 25.7 Å². The van der Waals surface area contributed by atoms with E-state index in [0.29, 0.717) is 29.5 Å². The number of nitrogens with one attached hydrogen (secondary N) is 2. The Morgan fingerprint density at radius 2 is 1.80 bits per heavy atom. The number of hydrogen-bond acceptors (Lipinski definition) is 4. The number of rotatable bonds is 6. The summed E-state index contributed by atoms with van der Waals surface area (Å²) in [7, 11) is 3.36. The van der Waals surface area contributed by atoms with Crippen molar-refractivity contribution in [3.05, 3.63) is 29.1 Å². The molecule has 0 spiro atoms. The Balaban J connectivity index is 1.81. The molecule has 6 heteroatoms. The first-order chi connectivity index (χ1) is 12.0. The standard InChI is InChI=1S/C19H30N4O2/c1-14-16(10-11-17(22-14)19(25)23(2)3)18(24)21-13-12-20-15-8-6-4-5-7-9-15/h10-11,15,20H,4-9,12-13H2,1-3H3,(H,21,24). The second-order valence-electron chi connectivity index (χ2n) is 6.93. The first kappa shape index (κ1) is 19.4. The van der Waals surface area contributed by atoms with Gasteiger partial charge in [0.25, 0.3) is 11.8 Å². The van der Waals surface area contributed by atoms with Crippen molar-refractivity contribution in [2.75, 3.05) is 27.2 Å². The molecule has 0 bridgehead atoms. The van der Waals surface area contributed by atoms with Crippen LogP contribution in [0.2, 0.25) is 0 Å². The Bertz CT molecular complexity index is 593. The molecule has 1 aliphatic carbocycles. The number of pyridine rings is 1. The Morgan fingerprint density at radius 1 is 1.12 bits per heavy atom. The van der Waals surface area contributed by atoms with Crippen LogP contribution >= 0.6 is 0 Å². The summed E-state index contributed by atoms with van der Waals surface area (Å²) in [5, 5.41) is 6.47. The first-order valence-corrected chi connectivity index (χ1v) is 9.20. The molecule has 1 fully saturated rings. The SMILES string of the molecule is Cc1nc(C(=O)N(C)C)ccc1C(=O)NCCNC1CCCCCC1. The van der Waals surface area contributed by atoms with Crippen molar-refractivity contribution in [2.24, 2.45) is 0 Å². The largest absolute Gasteiger partial charge is 0.351 e. The molecule has 6 nitrogen and oxygen atoms in total. The summed E-state index contributed by atoms with van der Waals surface area (Å²) < 4.78 is 0. The maximum absolute atomic E-state index is 12.3. The molecular weight excluding hydrogens is 316 g/mol. The molecule has 0 atom stereocenters. The number of hydrogen-bond donors (Lipinski definition) is 2. The maximum atomic E-state index is 12.3. The number of aryl methyl sites for hydroxylation is 1. The van der Waals surface area contributed by atoms with E-state index < -0.39 is 0 Å². The fourth-order valence-electron chi connectivity index (χ4n) is 3.18. The van der Waals surface area contributed by atoms with Crippen LogP contribution < -0.4 is 10.6 Å². The van der Waals surface area contributed by atoms with Crippen molar-refractivity contribution >= 4 is 11.8 Å². The van der Waals surface area contributed by atoms with Crippen LogP contribution in [0.3, 0.4) is 0 Å². The van der Waals surface area contributed by atoms with E-state index in [4.69, 9.17) is 0 Å². The molecule has 2 rings (SSSR count). The molecule has 1 heterocycles. The van der Waals surface area contributed by atoms with Crippen molar-refractivity contribution < 1.29 is 9.59 Å². The number of carbonyl (C=O) groups excluding carboxylic acids is 2. The predicted octanol–water partition coefficient (Wildman–Crippen LogP) is 2.13. The van der Waals surface area contributed by atoms with Gasteiger partial charge in [-0.15, -0.1) is 0 Å². The fraction of sp³-hybridized carbons (Fsp3) is 0.632. The lowest BCUT2D eigenvalue weighted by molar-refractivity contribution is 0.0820. The zero-order chi connectivity index (χ0) is 18.2. The van der Waals surface area contributed by atoms with Crippen LogP contribution in [-0.4, -0.2) is 54.9 Å². The minimum atomic E-state index is -0.164. The summed E-state index contributed by atoms with van der Waals surface area (Å²) in [5.74, 6) is -0.306. The summed E-state index contributed by atoms with van der Waals surface area (Å²) >= 11 is 0. The summed E-state index contributed by atoms with van der Waals surface area (Å²) in [6.07, 6.45) is 7.75. The lowest BCUT2D eigenvalue weighted by Gasteiger charge is -2.16. The van der Waals surface area contributed by atoms with Crippen LogP contribution in [0, 0.1) is 6.92 Å². The lowest BCUT2D eigenvalue weighted by Crippen LogP contribution is -2.37. The molecule has 2 amide bonds. The minimum absolute atomic E-state index is 0.142. The van der Waals surface area contributed by atoms with E-state index in [0.717, 1.165) is 6.54 Å². The highest BCUT2D eigenvalue weighted by Crippen LogP contribution is 2.16. The molecule has 0 aromatic carbocycles. The highest BCUT2D eigenvalue weighted by atomic mass is 16.2. The van der Waals surface area contributed by atoms with E-state index in [-0.39, 0.29) is 11.8 Å². The molecule has 0 saturated heterocycles. The smallest absolute Gasteiger partial charge is 0.271 e. The van der Waals surface area contributed by atoms with Gasteiger partial charge in [-0.3, -0.25) is 9.59 Å². The quantitative estimate of drug-likeness (QED) is 0.611. The number of aromatic nitrogens is 1. The highest BCUT2D eigenvalue weighted by molar-refractivity contribution is 5.97. The predicted molar refractivity (Wildman–Crippen MR) is 98.8 cm³/mol. The third-order valence-electron chi connectivity index (χ3n) is 4.65. The number of amides is 2. The summed E-state index contributed by atoms with van der Waals surface area (Å²) in [6, 6.07) is 3.86. The fourth-order valence-corrected chi connectivity index (χ4v) is 3.18. The molecule has 138 valence electrons. The Kier molecular flexibility index (Phi) is 7.37. The molecule has 1 aromatic heterocycles. The van der Waals surface area contributed by atoms with Gasteiger partial charge in [0.05, 0.1) is 11.3 Å². The maximum Gasteiger partial charge on any atom is 0.271 e. The van der Waals surface area contributed by atoms with E-state index in [9.17, 15) is 9.59 Å². The van der Waals surface area contributed by atoms with E-state index in [1.807, 2.05) is 0 Å². The van der Waals surface area contributed by atoms with Crippen molar-refractivity contribution in [1.82, 2.24) is 20.5 Å². The third kappa shape index (κ3) is 5.81. The van der Waals surface area contributed by atoms with Crippen LogP contribution in [0.25, 0.3) is 0 Å². The van der Waals surface area contributed by atoms with Gasteiger partial charge >= 0.3 is 0 Å². The highest BCUT2D eigenvalue weighted by Gasteiger charge is 2.15. The van der Waals surface area contributed by atoms with Crippen LogP contribution in [0.5, 0.6) is 0 Å². The van der Waals surface area contributed by atoms with E-state index in [1.165, 1.54) is 43.4 Å². The number of carbonyl (C=O) groups is 2. The zero-order valence-corrected chi connectivity index (χ0v) is 15.6. The van der Waals surface area contributed by atoms with Crippen molar-refractivity contribution in [3.8, 4) is 0 Å². The molecule has 1 aromatic rings. The van der Waals surface area contributed by atoms with Gasteiger partial charge in [-0.05, 0) is 31.9 Å². The van der Waals surface area contributed by atoms with Crippen LogP contribution in [-0.2, 0) is 0 Å². The molecule has 25 heavy (non-hydrogen) atoms. The second kappa shape index (κ2) is 9.51. The van der Waals surface area contributed by atoms with Gasteiger partial charge in [0.2, 0.25) is 0 Å². The summed E-state index contributed by atoms with van der Waals surface area (Å²) in [6.45, 7) is 3.12. The minimum Gasteiger partial charge on any atom is -0.351 e. The summed E-state index contributed by atoms with van der Waals surface area (Å²) in [5.41, 5.74) is 1.45. The van der Waals surface area contributed by atoms with E-state index in [2.05, 4.69) is 15.6 Å². The topological polar surface area (TPSA) is 74.3 Å². The second-order valence-corrected chi connectivity index (χ2v) is 6.93. The Morgan fingerprint density at radius 3 is 2.40 bits per heavy atom. The van der Waals surface area contributed by atoms with Crippen molar-refractivity contribution in [2.45, 2.75) is 51.5 Å². The molecule has 2 N–H and O–H groups in total. The van der Waals surface area contributed by atoms with Crippen LogP contribution in [0.4, 0.5) is 0 Å². The van der Waals surface area contributed by atoms with Crippen LogP contribution in [0.15, 0.2) is 12.1 Å². The molecule has 0 aliphatic heterocycles. The van der Waals surface area contributed by atoms with Crippen molar-refractivity contribution in [1.29, 1.82) is 0 Å². The van der Waals surface area contributed by atoms with Gasteiger partial charge in [-0.25, -0.2) is 4.98 Å². The van der Waals surface area contributed by atoms with E-state index in [1.54, 1.807) is 33.2 Å². The van der Waals surface area contributed by atoms with Gasteiger partial charge in [0.15, 0.2) is 0 Å². The van der Waals surface area contributed by atoms with E-state index >= 15 is 0 Å². The Hall–Kier alpha value is -1.95. The Labute approximate surface area is 150 Å². The lowest BCUT2D eigenvalue weighted by atomic mass is 10.1. The average Bonchev–Trinajstić information content (AvgIpc) is 2.86. The molecule has 0 radical (unpaired) electrons. The molecular formula is C19H30N4O2. The van der Waals surface area contributed by atoms with Gasteiger partial charge in [-0.2, -0.15) is 0 Å². The van der Waals surface area contributed by atoms with Gasteiger partial charge < -0.3 is 15.5 Å². The van der Waals surface area contributed by atoms with Gasteiger partial charge in [0.1, 0.15) is 5.69 Å². The summed E-state index contributed by atoms with van der Waals surface area (Å²) in [4.78, 5) is 30.0. The monoisotopic (exact) mass is 346 g/mol. The number of nitrogens with zero attached hydrogens (tertiary/aromatic N) is 2. The van der Waals surface area contributed by atoms with Gasteiger partial charge in [0, 0.05) is 33.2 Å². The third-order valence-corrected chi connectivity index (χ3v) is 4.65. The first-order valence-electron chi connectivity index (χ1n) is 9.20. The van der Waals surface area contributed by atoms with Crippen LogP contribution in [0.1, 0.15) is 65.1 Å². The normalized spacial score (nSPS) is 15.5. The molecule has 1 aliphatic rings. The molecule has 0 unspecified atom stereocenters. The zero-order valence-electron chi connectivity index (χ0n) is 15.6.